The van der Waals surface area contributed by atoms with Gasteiger partial charge in [0.2, 0.25) is 0 Å². The smallest absolute Gasteiger partial charge is 0.270 e. The Bertz CT molecular complexity index is 726. The lowest BCUT2D eigenvalue weighted by atomic mass is 10.4. The molecule has 0 aliphatic carbocycles. The molecule has 3 aromatic rings. The Hall–Kier alpha value is -1.50. The third kappa shape index (κ3) is 2.98. The molecule has 3 rings (SSSR count). The summed E-state index contributed by atoms with van der Waals surface area (Å²) in [4.78, 5) is 6.24. The predicted octanol–water partition coefficient (Wildman–Crippen LogP) is 4.33. The van der Waals surface area contributed by atoms with Crippen molar-refractivity contribution in [2.45, 2.75) is 10.6 Å². The Morgan fingerprint density at radius 1 is 1.35 bits per heavy atom. The summed E-state index contributed by atoms with van der Waals surface area (Å²) in [5.74, 6) is 1.73. The van der Waals surface area contributed by atoms with E-state index >= 15 is 0 Å². The van der Waals surface area contributed by atoms with Crippen LogP contribution in [0.4, 0.5) is 5.69 Å². The summed E-state index contributed by atoms with van der Waals surface area (Å²) in [7, 11) is 0. The van der Waals surface area contributed by atoms with Crippen LogP contribution in [0.3, 0.4) is 0 Å². The maximum Gasteiger partial charge on any atom is 0.270 e. The first kappa shape index (κ1) is 13.5. The van der Waals surface area contributed by atoms with Gasteiger partial charge in [-0.2, -0.15) is 4.98 Å². The SMILES string of the molecule is Nc1ccsc1-c1nc(CSc2cccc(Cl)c2)no1. The van der Waals surface area contributed by atoms with Gasteiger partial charge in [0, 0.05) is 9.92 Å². The number of aromatic nitrogens is 2. The van der Waals surface area contributed by atoms with E-state index in [0.717, 1.165) is 14.8 Å². The number of benzene rings is 1. The first-order chi connectivity index (χ1) is 9.72. The zero-order chi connectivity index (χ0) is 13.9. The summed E-state index contributed by atoms with van der Waals surface area (Å²) in [6.45, 7) is 0. The first-order valence-corrected chi connectivity index (χ1v) is 8.01. The van der Waals surface area contributed by atoms with Crippen LogP contribution in [0, 0.1) is 0 Å². The summed E-state index contributed by atoms with van der Waals surface area (Å²) < 4.78 is 5.23. The maximum absolute atomic E-state index is 5.94. The van der Waals surface area contributed by atoms with Crippen molar-refractivity contribution in [1.82, 2.24) is 10.1 Å². The van der Waals surface area contributed by atoms with Crippen LogP contribution in [0.2, 0.25) is 5.02 Å². The van der Waals surface area contributed by atoms with Crippen molar-refractivity contribution in [3.8, 4) is 10.8 Å². The first-order valence-electron chi connectivity index (χ1n) is 5.76. The third-order valence-electron chi connectivity index (χ3n) is 2.52. The highest BCUT2D eigenvalue weighted by molar-refractivity contribution is 7.98. The van der Waals surface area contributed by atoms with Gasteiger partial charge in [-0.1, -0.05) is 22.8 Å². The van der Waals surface area contributed by atoms with Crippen molar-refractivity contribution in [3.05, 3.63) is 46.6 Å². The third-order valence-corrected chi connectivity index (χ3v) is 4.67. The fourth-order valence-corrected chi connectivity index (χ4v) is 3.39. The van der Waals surface area contributed by atoms with Gasteiger partial charge < -0.3 is 10.3 Å². The Morgan fingerprint density at radius 2 is 2.25 bits per heavy atom. The van der Waals surface area contributed by atoms with Gasteiger partial charge in [0.05, 0.1) is 11.4 Å². The molecule has 0 aliphatic heterocycles. The van der Waals surface area contributed by atoms with Crippen LogP contribution in [-0.2, 0) is 5.75 Å². The quantitative estimate of drug-likeness (QED) is 0.724. The minimum Gasteiger partial charge on any atom is -0.397 e. The highest BCUT2D eigenvalue weighted by atomic mass is 35.5. The number of thioether (sulfide) groups is 1. The van der Waals surface area contributed by atoms with Gasteiger partial charge in [-0.3, -0.25) is 0 Å². The molecule has 0 aliphatic rings. The largest absolute Gasteiger partial charge is 0.397 e. The van der Waals surface area contributed by atoms with Crippen LogP contribution < -0.4 is 5.73 Å². The molecule has 2 aromatic heterocycles. The molecule has 2 heterocycles. The van der Waals surface area contributed by atoms with E-state index in [1.54, 1.807) is 11.8 Å². The Morgan fingerprint density at radius 3 is 3.00 bits per heavy atom. The molecule has 0 spiro atoms. The molecular formula is C13H10ClN3OS2. The van der Waals surface area contributed by atoms with Crippen molar-refractivity contribution in [2.24, 2.45) is 0 Å². The second kappa shape index (κ2) is 5.87. The predicted molar refractivity (Wildman–Crippen MR) is 83.0 cm³/mol. The van der Waals surface area contributed by atoms with E-state index in [9.17, 15) is 0 Å². The Labute approximate surface area is 129 Å². The van der Waals surface area contributed by atoms with Crippen molar-refractivity contribution in [3.63, 3.8) is 0 Å². The topological polar surface area (TPSA) is 64.9 Å². The molecule has 0 unspecified atom stereocenters. The van der Waals surface area contributed by atoms with Crippen LogP contribution in [-0.4, -0.2) is 10.1 Å². The number of anilines is 1. The van der Waals surface area contributed by atoms with E-state index < -0.39 is 0 Å². The highest BCUT2D eigenvalue weighted by Gasteiger charge is 2.13. The van der Waals surface area contributed by atoms with Crippen LogP contribution in [0.1, 0.15) is 5.82 Å². The number of thiophene rings is 1. The fraction of sp³-hybridized carbons (Fsp3) is 0.0769. The molecule has 0 bridgehead atoms. The van der Waals surface area contributed by atoms with Gasteiger partial charge in [-0.15, -0.1) is 23.1 Å². The highest BCUT2D eigenvalue weighted by Crippen LogP contribution is 2.31. The van der Waals surface area contributed by atoms with Crippen LogP contribution >= 0.6 is 34.7 Å². The Balaban J connectivity index is 1.70. The Kier molecular flexibility index (Phi) is 3.95. The average Bonchev–Trinajstić information content (AvgIpc) is 3.05. The maximum atomic E-state index is 5.94. The second-order valence-electron chi connectivity index (χ2n) is 3.97. The fourth-order valence-electron chi connectivity index (χ4n) is 1.60. The molecule has 0 amide bonds. The minimum absolute atomic E-state index is 0.471. The molecule has 102 valence electrons. The summed E-state index contributed by atoms with van der Waals surface area (Å²) in [5.41, 5.74) is 6.49. The standard InChI is InChI=1S/C13H10ClN3OS2/c14-8-2-1-3-9(6-8)20-7-11-16-13(18-17-11)12-10(15)4-5-19-12/h1-6H,7,15H2. The zero-order valence-corrected chi connectivity index (χ0v) is 12.6. The molecule has 2 N–H and O–H groups in total. The van der Waals surface area contributed by atoms with E-state index in [1.807, 2.05) is 35.7 Å². The second-order valence-corrected chi connectivity index (χ2v) is 6.37. The van der Waals surface area contributed by atoms with Crippen molar-refractivity contribution in [2.75, 3.05) is 5.73 Å². The molecule has 7 heteroatoms. The lowest BCUT2D eigenvalue weighted by Crippen LogP contribution is -1.86. The summed E-state index contributed by atoms with van der Waals surface area (Å²) in [6, 6.07) is 9.49. The van der Waals surface area contributed by atoms with Gasteiger partial charge in [-0.25, -0.2) is 0 Å². The van der Waals surface area contributed by atoms with Crippen LogP contribution in [0.15, 0.2) is 45.1 Å². The molecule has 4 nitrogen and oxygen atoms in total. The van der Waals surface area contributed by atoms with Gasteiger partial charge in [0.25, 0.3) is 5.89 Å². The zero-order valence-electron chi connectivity index (χ0n) is 10.2. The molecular weight excluding hydrogens is 314 g/mol. The van der Waals surface area contributed by atoms with E-state index in [2.05, 4.69) is 10.1 Å². The van der Waals surface area contributed by atoms with Crippen molar-refractivity contribution >= 4 is 40.4 Å². The number of nitrogens with zero attached hydrogens (tertiary/aromatic N) is 2. The molecule has 0 saturated carbocycles. The number of rotatable bonds is 4. The molecule has 0 atom stereocenters. The monoisotopic (exact) mass is 323 g/mol. The lowest BCUT2D eigenvalue weighted by Gasteiger charge is -1.98. The number of halogens is 1. The number of nitrogens with two attached hydrogens (primary N) is 1. The summed E-state index contributed by atoms with van der Waals surface area (Å²) in [5, 5.41) is 6.58. The number of hydrogen-bond donors (Lipinski definition) is 1. The molecule has 0 saturated heterocycles. The lowest BCUT2D eigenvalue weighted by molar-refractivity contribution is 0.426. The van der Waals surface area contributed by atoms with Crippen molar-refractivity contribution < 1.29 is 4.52 Å². The number of nitrogen functional groups attached to an aromatic ring is 1. The van der Waals surface area contributed by atoms with Gasteiger partial charge >= 0.3 is 0 Å². The van der Waals surface area contributed by atoms with Gasteiger partial charge in [-0.05, 0) is 29.6 Å². The van der Waals surface area contributed by atoms with Gasteiger partial charge in [0.1, 0.15) is 4.88 Å². The minimum atomic E-state index is 0.471. The summed E-state index contributed by atoms with van der Waals surface area (Å²) >= 11 is 9.03. The van der Waals surface area contributed by atoms with E-state index in [1.165, 1.54) is 11.3 Å². The van der Waals surface area contributed by atoms with E-state index in [-0.39, 0.29) is 0 Å². The van der Waals surface area contributed by atoms with Crippen LogP contribution in [0.25, 0.3) is 10.8 Å². The molecule has 20 heavy (non-hydrogen) atoms. The van der Waals surface area contributed by atoms with E-state index in [0.29, 0.717) is 23.2 Å². The molecule has 0 radical (unpaired) electrons. The summed E-state index contributed by atoms with van der Waals surface area (Å²) in [6.07, 6.45) is 0. The van der Waals surface area contributed by atoms with Crippen LogP contribution in [0.5, 0.6) is 0 Å². The number of hydrogen-bond acceptors (Lipinski definition) is 6. The van der Waals surface area contributed by atoms with Gasteiger partial charge in [0.15, 0.2) is 5.82 Å². The van der Waals surface area contributed by atoms with Crippen molar-refractivity contribution in [1.29, 1.82) is 0 Å². The average molecular weight is 324 g/mol. The molecule has 0 fully saturated rings. The normalized spacial score (nSPS) is 10.8. The molecule has 1 aromatic carbocycles. The van der Waals surface area contributed by atoms with E-state index in [4.69, 9.17) is 21.9 Å².